The molecule has 1 aromatic heterocycles. The second-order valence-corrected chi connectivity index (χ2v) is 5.21. The van der Waals surface area contributed by atoms with Gasteiger partial charge in [0.1, 0.15) is 0 Å². The minimum absolute atomic E-state index is 0.254. The topological polar surface area (TPSA) is 92.4 Å². The molecule has 100 valence electrons. The zero-order chi connectivity index (χ0) is 13.5. The molecule has 6 heteroatoms. The summed E-state index contributed by atoms with van der Waals surface area (Å²) in [7, 11) is 0. The zero-order valence-corrected chi connectivity index (χ0v) is 11.1. The molecule has 0 saturated heterocycles. The van der Waals surface area contributed by atoms with Crippen LogP contribution in [0, 0.1) is 5.92 Å². The van der Waals surface area contributed by atoms with Crippen LogP contribution in [0.4, 0.5) is 0 Å². The third-order valence-corrected chi connectivity index (χ3v) is 3.58. The molecule has 0 saturated carbocycles. The Morgan fingerprint density at radius 1 is 1.56 bits per heavy atom. The van der Waals surface area contributed by atoms with Crippen LogP contribution in [0.25, 0.3) is 0 Å². The Bertz CT molecular complexity index is 392. The van der Waals surface area contributed by atoms with Crippen molar-refractivity contribution in [1.29, 1.82) is 0 Å². The van der Waals surface area contributed by atoms with Gasteiger partial charge in [0.15, 0.2) is 6.04 Å². The van der Waals surface area contributed by atoms with Crippen molar-refractivity contribution in [2.45, 2.75) is 25.8 Å². The smallest absolute Gasteiger partial charge is 0.331 e. The Hall–Kier alpha value is -1.40. The SMILES string of the molecule is CC(CN)CCC(=O)NC(C(=O)O)c1cccs1. The highest BCUT2D eigenvalue weighted by molar-refractivity contribution is 7.10. The lowest BCUT2D eigenvalue weighted by Crippen LogP contribution is -2.33. The van der Waals surface area contributed by atoms with Gasteiger partial charge in [0.2, 0.25) is 5.91 Å². The van der Waals surface area contributed by atoms with Crippen molar-refractivity contribution in [3.05, 3.63) is 22.4 Å². The van der Waals surface area contributed by atoms with E-state index in [9.17, 15) is 9.59 Å². The van der Waals surface area contributed by atoms with Gasteiger partial charge in [0.25, 0.3) is 0 Å². The molecule has 1 rings (SSSR count). The summed E-state index contributed by atoms with van der Waals surface area (Å²) in [6, 6.07) is 2.51. The van der Waals surface area contributed by atoms with E-state index in [-0.39, 0.29) is 11.8 Å². The van der Waals surface area contributed by atoms with Crippen LogP contribution in [0.2, 0.25) is 0 Å². The summed E-state index contributed by atoms with van der Waals surface area (Å²) in [5.41, 5.74) is 5.46. The summed E-state index contributed by atoms with van der Waals surface area (Å²) in [5, 5.41) is 13.4. The fraction of sp³-hybridized carbons (Fsp3) is 0.500. The summed E-state index contributed by atoms with van der Waals surface area (Å²) in [6.07, 6.45) is 0.965. The lowest BCUT2D eigenvalue weighted by Gasteiger charge is -2.14. The summed E-state index contributed by atoms with van der Waals surface area (Å²) in [5.74, 6) is -1.03. The van der Waals surface area contributed by atoms with Crippen molar-refractivity contribution in [2.75, 3.05) is 6.54 Å². The Labute approximate surface area is 110 Å². The normalized spacial score (nSPS) is 13.9. The van der Waals surface area contributed by atoms with Gasteiger partial charge in [0, 0.05) is 11.3 Å². The molecule has 0 spiro atoms. The number of carboxylic acids is 1. The molecule has 18 heavy (non-hydrogen) atoms. The summed E-state index contributed by atoms with van der Waals surface area (Å²) >= 11 is 1.31. The van der Waals surface area contributed by atoms with Crippen molar-refractivity contribution < 1.29 is 14.7 Å². The number of nitrogens with one attached hydrogen (secondary N) is 1. The van der Waals surface area contributed by atoms with Gasteiger partial charge in [0.05, 0.1) is 0 Å². The number of carbonyl (C=O) groups excluding carboxylic acids is 1. The van der Waals surface area contributed by atoms with E-state index in [2.05, 4.69) is 5.32 Å². The molecule has 0 fully saturated rings. The number of amides is 1. The molecule has 2 unspecified atom stereocenters. The van der Waals surface area contributed by atoms with Crippen LogP contribution < -0.4 is 11.1 Å². The van der Waals surface area contributed by atoms with Crippen molar-refractivity contribution in [3.8, 4) is 0 Å². The molecule has 5 nitrogen and oxygen atoms in total. The minimum atomic E-state index is -1.04. The molecule has 1 heterocycles. The molecule has 1 aromatic rings. The molecule has 0 aliphatic carbocycles. The Morgan fingerprint density at radius 2 is 2.28 bits per heavy atom. The zero-order valence-electron chi connectivity index (χ0n) is 10.3. The minimum Gasteiger partial charge on any atom is -0.479 e. The van der Waals surface area contributed by atoms with Crippen molar-refractivity contribution in [1.82, 2.24) is 5.32 Å². The average Bonchev–Trinajstić information content (AvgIpc) is 2.86. The fourth-order valence-electron chi connectivity index (χ4n) is 1.44. The third-order valence-electron chi connectivity index (χ3n) is 2.65. The molecule has 4 N–H and O–H groups in total. The lowest BCUT2D eigenvalue weighted by atomic mass is 10.1. The maximum Gasteiger partial charge on any atom is 0.331 e. The second-order valence-electron chi connectivity index (χ2n) is 4.23. The summed E-state index contributed by atoms with van der Waals surface area (Å²) in [4.78, 5) is 23.4. The Morgan fingerprint density at radius 3 is 2.78 bits per heavy atom. The van der Waals surface area contributed by atoms with Gasteiger partial charge in [-0.25, -0.2) is 4.79 Å². The molecule has 0 aromatic carbocycles. The molecule has 2 atom stereocenters. The molecule has 0 aliphatic rings. The number of carboxylic acid groups (broad SMARTS) is 1. The van der Waals surface area contributed by atoms with E-state index in [1.807, 2.05) is 6.92 Å². The van der Waals surface area contributed by atoms with E-state index >= 15 is 0 Å². The first kappa shape index (κ1) is 14.7. The first-order valence-corrected chi connectivity index (χ1v) is 6.68. The van der Waals surface area contributed by atoms with Gasteiger partial charge in [-0.15, -0.1) is 11.3 Å². The van der Waals surface area contributed by atoms with Gasteiger partial charge in [-0.2, -0.15) is 0 Å². The summed E-state index contributed by atoms with van der Waals surface area (Å²) < 4.78 is 0. The highest BCUT2D eigenvalue weighted by atomic mass is 32.1. The van der Waals surface area contributed by atoms with Crippen LogP contribution in [0.5, 0.6) is 0 Å². The maximum atomic E-state index is 11.7. The third kappa shape index (κ3) is 4.46. The molecular formula is C12H18N2O3S. The molecule has 1 amide bonds. The number of rotatable bonds is 7. The number of carbonyl (C=O) groups is 2. The Kier molecular flexibility index (Phi) is 5.80. The highest BCUT2D eigenvalue weighted by Gasteiger charge is 2.22. The lowest BCUT2D eigenvalue weighted by molar-refractivity contribution is -0.142. The van der Waals surface area contributed by atoms with Crippen LogP contribution in [0.1, 0.15) is 30.7 Å². The van der Waals surface area contributed by atoms with Gasteiger partial charge in [-0.05, 0) is 30.3 Å². The number of nitrogens with two attached hydrogens (primary N) is 1. The molecule has 0 radical (unpaired) electrons. The summed E-state index contributed by atoms with van der Waals surface area (Å²) in [6.45, 7) is 2.49. The number of thiophene rings is 1. The molecular weight excluding hydrogens is 252 g/mol. The van der Waals surface area contributed by atoms with Crippen LogP contribution in [-0.2, 0) is 9.59 Å². The van der Waals surface area contributed by atoms with E-state index in [1.54, 1.807) is 17.5 Å². The molecule has 0 aliphatic heterocycles. The maximum absolute atomic E-state index is 11.7. The van der Waals surface area contributed by atoms with E-state index in [0.717, 1.165) is 0 Å². The van der Waals surface area contributed by atoms with Crippen molar-refractivity contribution >= 4 is 23.2 Å². The van der Waals surface area contributed by atoms with Crippen molar-refractivity contribution in [2.24, 2.45) is 11.7 Å². The van der Waals surface area contributed by atoms with E-state index < -0.39 is 12.0 Å². The first-order valence-electron chi connectivity index (χ1n) is 5.80. The van der Waals surface area contributed by atoms with Gasteiger partial charge in [-0.1, -0.05) is 13.0 Å². The van der Waals surface area contributed by atoms with Crippen LogP contribution in [0.15, 0.2) is 17.5 Å². The predicted molar refractivity (Wildman–Crippen MR) is 70.3 cm³/mol. The van der Waals surface area contributed by atoms with Gasteiger partial charge < -0.3 is 16.2 Å². The average molecular weight is 270 g/mol. The quantitative estimate of drug-likeness (QED) is 0.697. The van der Waals surface area contributed by atoms with E-state index in [4.69, 9.17) is 10.8 Å². The van der Waals surface area contributed by atoms with Gasteiger partial charge >= 0.3 is 5.97 Å². The van der Waals surface area contributed by atoms with E-state index in [0.29, 0.717) is 24.3 Å². The highest BCUT2D eigenvalue weighted by Crippen LogP contribution is 2.19. The predicted octanol–water partition coefficient (Wildman–Crippen LogP) is 1.37. The fourth-order valence-corrected chi connectivity index (χ4v) is 2.21. The van der Waals surface area contributed by atoms with E-state index in [1.165, 1.54) is 11.3 Å². The van der Waals surface area contributed by atoms with Gasteiger partial charge in [-0.3, -0.25) is 4.79 Å². The monoisotopic (exact) mass is 270 g/mol. The number of aliphatic carboxylic acids is 1. The van der Waals surface area contributed by atoms with Crippen LogP contribution in [-0.4, -0.2) is 23.5 Å². The molecule has 0 bridgehead atoms. The van der Waals surface area contributed by atoms with Crippen molar-refractivity contribution in [3.63, 3.8) is 0 Å². The number of hydrogen-bond acceptors (Lipinski definition) is 4. The van der Waals surface area contributed by atoms with Crippen LogP contribution in [0.3, 0.4) is 0 Å². The Balaban J connectivity index is 2.52. The standard InChI is InChI=1S/C12H18N2O3S/c1-8(7-13)4-5-10(15)14-11(12(16)17)9-3-2-6-18-9/h2-3,6,8,11H,4-5,7,13H2,1H3,(H,14,15)(H,16,17). The van der Waals surface area contributed by atoms with Crippen LogP contribution >= 0.6 is 11.3 Å². The largest absolute Gasteiger partial charge is 0.479 e. The second kappa shape index (κ2) is 7.13. The first-order chi connectivity index (χ1) is 8.54. The number of hydrogen-bond donors (Lipinski definition) is 3.